The van der Waals surface area contributed by atoms with Crippen LogP contribution in [0.4, 0.5) is 0 Å². The van der Waals surface area contributed by atoms with Crippen molar-refractivity contribution < 1.29 is 24.5 Å². The number of aromatic hydroxyl groups is 1. The molecule has 22 heavy (non-hydrogen) atoms. The lowest BCUT2D eigenvalue weighted by atomic mass is 10.3. The molecule has 0 aliphatic carbocycles. The number of pyridine rings is 1. The van der Waals surface area contributed by atoms with Gasteiger partial charge in [0, 0.05) is 45.6 Å². The fourth-order valence-electron chi connectivity index (χ4n) is 1.97. The number of carboxylic acids is 1. The topological polar surface area (TPSA) is 101 Å². The van der Waals surface area contributed by atoms with Gasteiger partial charge in [0.2, 0.25) is 5.43 Å². The molecule has 0 unspecified atom stereocenters. The number of aromatic nitrogens is 1. The van der Waals surface area contributed by atoms with Crippen LogP contribution in [0, 0.1) is 0 Å². The van der Waals surface area contributed by atoms with Crippen molar-refractivity contribution in [3.05, 3.63) is 28.2 Å². The summed E-state index contributed by atoms with van der Waals surface area (Å²) in [6, 6.07) is 1.25. The number of carbonyl (C=O) groups is 1. The highest BCUT2D eigenvalue weighted by Gasteiger charge is 2.13. The van der Waals surface area contributed by atoms with E-state index in [4.69, 9.17) is 14.6 Å². The van der Waals surface area contributed by atoms with Crippen molar-refractivity contribution in [2.24, 2.45) is 0 Å². The first-order valence-corrected chi connectivity index (χ1v) is 6.82. The van der Waals surface area contributed by atoms with Gasteiger partial charge in [-0.25, -0.2) is 0 Å². The molecule has 8 heteroatoms. The second-order valence-electron chi connectivity index (χ2n) is 4.80. The molecule has 8 nitrogen and oxygen atoms in total. The summed E-state index contributed by atoms with van der Waals surface area (Å²) < 4.78 is 11.4. The van der Waals surface area contributed by atoms with E-state index in [0.29, 0.717) is 38.5 Å². The zero-order valence-corrected chi connectivity index (χ0v) is 12.8. The Morgan fingerprint density at radius 3 is 2.36 bits per heavy atom. The third-order valence-corrected chi connectivity index (χ3v) is 3.11. The van der Waals surface area contributed by atoms with Gasteiger partial charge in [-0.1, -0.05) is 0 Å². The van der Waals surface area contributed by atoms with Crippen LogP contribution in [0.15, 0.2) is 17.1 Å². The number of methoxy groups -OCH3 is 2. The van der Waals surface area contributed by atoms with E-state index in [1.54, 1.807) is 14.2 Å². The minimum Gasteiger partial charge on any atom is -0.503 e. The monoisotopic (exact) mass is 314 g/mol. The maximum absolute atomic E-state index is 11.6. The van der Waals surface area contributed by atoms with Crippen molar-refractivity contribution in [3.63, 3.8) is 0 Å². The van der Waals surface area contributed by atoms with Crippen molar-refractivity contribution in [1.29, 1.82) is 0 Å². The number of hydrogen-bond acceptors (Lipinski definition) is 6. The lowest BCUT2D eigenvalue weighted by Gasteiger charge is -2.23. The van der Waals surface area contributed by atoms with Crippen molar-refractivity contribution in [2.75, 3.05) is 40.5 Å². The second kappa shape index (κ2) is 9.19. The standard InChI is InChI=1S/C14H22N2O6/c1-21-5-3-15(4-6-22-2)8-11-7-12(17)13(18)9-16(11)10-14(19)20/h7,9,18H,3-6,8,10H2,1-2H3,(H,19,20). The zero-order chi connectivity index (χ0) is 16.5. The predicted octanol–water partition coefficient (Wildman–Crippen LogP) is -0.267. The molecule has 2 N–H and O–H groups in total. The number of ether oxygens (including phenoxy) is 2. The summed E-state index contributed by atoms with van der Waals surface area (Å²) in [6.45, 7) is 2.26. The van der Waals surface area contributed by atoms with Crippen LogP contribution in [0.5, 0.6) is 5.75 Å². The van der Waals surface area contributed by atoms with Gasteiger partial charge in [-0.3, -0.25) is 14.5 Å². The number of aliphatic carboxylic acids is 1. The first-order chi connectivity index (χ1) is 10.5. The molecule has 0 aliphatic rings. The van der Waals surface area contributed by atoms with Crippen molar-refractivity contribution in [3.8, 4) is 5.75 Å². The molecule has 0 aromatic carbocycles. The summed E-state index contributed by atoms with van der Waals surface area (Å²) in [5, 5.41) is 18.4. The number of carboxylic acid groups (broad SMARTS) is 1. The third kappa shape index (κ3) is 5.84. The number of hydrogen-bond donors (Lipinski definition) is 2. The highest BCUT2D eigenvalue weighted by Crippen LogP contribution is 2.08. The Kier molecular flexibility index (Phi) is 7.58. The summed E-state index contributed by atoms with van der Waals surface area (Å²) in [5.74, 6) is -1.52. The van der Waals surface area contributed by atoms with Crippen LogP contribution in [0.1, 0.15) is 5.69 Å². The molecule has 0 saturated carbocycles. The summed E-state index contributed by atoms with van der Waals surface area (Å²) in [7, 11) is 3.19. The summed E-state index contributed by atoms with van der Waals surface area (Å²) in [4.78, 5) is 24.5. The molecule has 124 valence electrons. The van der Waals surface area contributed by atoms with E-state index in [0.717, 1.165) is 6.20 Å². The summed E-state index contributed by atoms with van der Waals surface area (Å²) in [6.07, 6.45) is 1.15. The largest absolute Gasteiger partial charge is 0.503 e. The van der Waals surface area contributed by atoms with Gasteiger partial charge in [-0.15, -0.1) is 0 Å². The maximum Gasteiger partial charge on any atom is 0.323 e. The van der Waals surface area contributed by atoms with E-state index in [1.165, 1.54) is 10.6 Å². The molecular weight excluding hydrogens is 292 g/mol. The Balaban J connectivity index is 2.97. The van der Waals surface area contributed by atoms with Crippen LogP contribution in [0.2, 0.25) is 0 Å². The average Bonchev–Trinajstić information content (AvgIpc) is 2.46. The number of nitrogens with zero attached hydrogens (tertiary/aromatic N) is 2. The van der Waals surface area contributed by atoms with Crippen LogP contribution in [0.3, 0.4) is 0 Å². The van der Waals surface area contributed by atoms with Crippen LogP contribution >= 0.6 is 0 Å². The van der Waals surface area contributed by atoms with E-state index in [1.807, 2.05) is 4.90 Å². The lowest BCUT2D eigenvalue weighted by Crippen LogP contribution is -2.32. The van der Waals surface area contributed by atoms with Gasteiger partial charge >= 0.3 is 5.97 Å². The molecule has 0 saturated heterocycles. The van der Waals surface area contributed by atoms with Crippen LogP contribution in [0.25, 0.3) is 0 Å². The highest BCUT2D eigenvalue weighted by molar-refractivity contribution is 5.66. The molecule has 1 aromatic heterocycles. The summed E-state index contributed by atoms with van der Waals surface area (Å²) in [5.41, 5.74) is -0.0209. The van der Waals surface area contributed by atoms with E-state index in [9.17, 15) is 14.7 Å². The number of rotatable bonds is 10. The molecule has 0 radical (unpaired) electrons. The van der Waals surface area contributed by atoms with E-state index in [-0.39, 0.29) is 6.54 Å². The van der Waals surface area contributed by atoms with Crippen LogP contribution in [-0.2, 0) is 27.4 Å². The fraction of sp³-hybridized carbons (Fsp3) is 0.571. The van der Waals surface area contributed by atoms with Crippen molar-refractivity contribution >= 4 is 5.97 Å². The zero-order valence-electron chi connectivity index (χ0n) is 12.8. The molecule has 0 fully saturated rings. The third-order valence-electron chi connectivity index (χ3n) is 3.11. The molecule has 1 heterocycles. The van der Waals surface area contributed by atoms with Gasteiger partial charge in [-0.05, 0) is 0 Å². The molecule has 0 atom stereocenters. The first kappa shape index (κ1) is 18.1. The van der Waals surface area contributed by atoms with Crippen molar-refractivity contribution in [2.45, 2.75) is 13.1 Å². The second-order valence-corrected chi connectivity index (χ2v) is 4.80. The quantitative estimate of drug-likeness (QED) is 0.613. The van der Waals surface area contributed by atoms with Crippen LogP contribution < -0.4 is 5.43 Å². The van der Waals surface area contributed by atoms with E-state index < -0.39 is 17.1 Å². The normalized spacial score (nSPS) is 11.0. The lowest BCUT2D eigenvalue weighted by molar-refractivity contribution is -0.137. The molecule has 0 aliphatic heterocycles. The predicted molar refractivity (Wildman–Crippen MR) is 79.0 cm³/mol. The molecule has 0 amide bonds. The average molecular weight is 314 g/mol. The Labute approximate surface area is 128 Å². The molecule has 1 rings (SSSR count). The smallest absolute Gasteiger partial charge is 0.323 e. The van der Waals surface area contributed by atoms with Gasteiger partial charge in [0.25, 0.3) is 0 Å². The van der Waals surface area contributed by atoms with Crippen LogP contribution in [-0.4, -0.2) is 66.2 Å². The summed E-state index contributed by atoms with van der Waals surface area (Å²) >= 11 is 0. The van der Waals surface area contributed by atoms with Gasteiger partial charge in [0.1, 0.15) is 6.54 Å². The van der Waals surface area contributed by atoms with E-state index in [2.05, 4.69) is 0 Å². The van der Waals surface area contributed by atoms with Gasteiger partial charge in [0.05, 0.1) is 19.4 Å². The Morgan fingerprint density at radius 1 is 1.27 bits per heavy atom. The maximum atomic E-state index is 11.6. The van der Waals surface area contributed by atoms with E-state index >= 15 is 0 Å². The van der Waals surface area contributed by atoms with Gasteiger partial charge in [-0.2, -0.15) is 0 Å². The minimum absolute atomic E-state index is 0.328. The van der Waals surface area contributed by atoms with Crippen molar-refractivity contribution in [1.82, 2.24) is 9.47 Å². The molecular formula is C14H22N2O6. The first-order valence-electron chi connectivity index (χ1n) is 6.82. The Morgan fingerprint density at radius 2 is 1.86 bits per heavy atom. The minimum atomic E-state index is -1.05. The van der Waals surface area contributed by atoms with Gasteiger partial charge in [0.15, 0.2) is 5.75 Å². The fourth-order valence-corrected chi connectivity index (χ4v) is 1.97. The SMILES string of the molecule is COCCN(CCOC)Cc1cc(=O)c(O)cn1CC(=O)O. The Bertz CT molecular complexity index is 535. The Hall–Kier alpha value is -1.90. The molecule has 0 spiro atoms. The highest BCUT2D eigenvalue weighted by atomic mass is 16.5. The molecule has 1 aromatic rings. The molecule has 0 bridgehead atoms. The van der Waals surface area contributed by atoms with Gasteiger partial charge < -0.3 is 24.3 Å².